The van der Waals surface area contributed by atoms with E-state index in [9.17, 15) is 0 Å². The van der Waals surface area contributed by atoms with Gasteiger partial charge >= 0.3 is 9.28 Å². The highest BCUT2D eigenvalue weighted by atomic mass is 28.3. The molecule has 0 atom stereocenters. The van der Waals surface area contributed by atoms with Crippen molar-refractivity contribution in [3.05, 3.63) is 11.3 Å². The van der Waals surface area contributed by atoms with Crippen LogP contribution in [-0.4, -0.2) is 29.0 Å². The monoisotopic (exact) mass is 203 g/mol. The Morgan fingerprint density at radius 1 is 1.31 bits per heavy atom. The zero-order chi connectivity index (χ0) is 10.1. The smallest absolute Gasteiger partial charge is 0.351 e. The third-order valence-corrected chi connectivity index (χ3v) is 4.24. The minimum absolute atomic E-state index is 0.670. The first kappa shape index (κ1) is 12.8. The molecular weight excluding hydrogens is 182 g/mol. The molecule has 0 aromatic rings. The number of allylic oxidation sites excluding steroid dienone is 1. The predicted octanol–water partition coefficient (Wildman–Crippen LogP) is 1.11. The molecule has 3 nitrogen and oxygen atoms in total. The topological polar surface area (TPSA) is 44.5 Å². The second-order valence-electron chi connectivity index (χ2n) is 2.64. The highest BCUT2D eigenvalue weighted by molar-refractivity contribution is 6.53. The minimum Gasteiger partial charge on any atom is -0.394 e. The van der Waals surface area contributed by atoms with Crippen molar-refractivity contribution in [2.75, 3.05) is 19.8 Å². The van der Waals surface area contributed by atoms with Crippen LogP contribution >= 0.6 is 0 Å². The molecule has 0 aromatic carbocycles. The molecule has 0 rings (SSSR count). The van der Waals surface area contributed by atoms with Crippen molar-refractivity contribution in [2.45, 2.75) is 27.2 Å². The van der Waals surface area contributed by atoms with Gasteiger partial charge in [-0.2, -0.15) is 0 Å². The standard InChI is InChI=1S/C9H21NO2Si/c1-4-9(7-8-10)13(11-5-2)12-6-3/h4,13H,5-8,10H2,1-3H3. The van der Waals surface area contributed by atoms with Crippen molar-refractivity contribution in [1.82, 2.24) is 0 Å². The Morgan fingerprint density at radius 3 is 2.15 bits per heavy atom. The highest BCUT2D eigenvalue weighted by Gasteiger charge is 2.16. The van der Waals surface area contributed by atoms with E-state index in [2.05, 4.69) is 6.08 Å². The summed E-state index contributed by atoms with van der Waals surface area (Å²) in [4.78, 5) is 0. The maximum atomic E-state index is 5.58. The van der Waals surface area contributed by atoms with Crippen LogP contribution in [0.3, 0.4) is 0 Å². The zero-order valence-electron chi connectivity index (χ0n) is 8.88. The molecular formula is C9H21NO2Si. The third-order valence-electron chi connectivity index (χ3n) is 1.74. The van der Waals surface area contributed by atoms with E-state index < -0.39 is 9.28 Å². The van der Waals surface area contributed by atoms with Crippen molar-refractivity contribution in [1.29, 1.82) is 0 Å². The molecule has 0 aliphatic rings. The van der Waals surface area contributed by atoms with Gasteiger partial charge in [-0.1, -0.05) is 6.08 Å². The van der Waals surface area contributed by atoms with E-state index in [4.69, 9.17) is 14.6 Å². The summed E-state index contributed by atoms with van der Waals surface area (Å²) in [6.45, 7) is 8.12. The van der Waals surface area contributed by atoms with Gasteiger partial charge in [-0.05, 0) is 38.9 Å². The van der Waals surface area contributed by atoms with Gasteiger partial charge in [0, 0.05) is 13.2 Å². The van der Waals surface area contributed by atoms with Crippen LogP contribution in [0.15, 0.2) is 11.3 Å². The Balaban J connectivity index is 4.12. The molecule has 0 bridgehead atoms. The molecule has 78 valence electrons. The van der Waals surface area contributed by atoms with E-state index in [0.717, 1.165) is 19.6 Å². The lowest BCUT2D eigenvalue weighted by Gasteiger charge is -2.17. The summed E-state index contributed by atoms with van der Waals surface area (Å²) in [6.07, 6.45) is 2.97. The van der Waals surface area contributed by atoms with Crippen molar-refractivity contribution in [2.24, 2.45) is 5.73 Å². The summed E-state index contributed by atoms with van der Waals surface area (Å²) in [5.41, 5.74) is 5.51. The summed E-state index contributed by atoms with van der Waals surface area (Å²) in [5.74, 6) is 0. The lowest BCUT2D eigenvalue weighted by atomic mass is 10.4. The molecule has 0 unspecified atom stereocenters. The minimum atomic E-state index is -1.59. The van der Waals surface area contributed by atoms with Gasteiger partial charge in [0.15, 0.2) is 0 Å². The zero-order valence-corrected chi connectivity index (χ0v) is 10.0. The number of hydrogen-bond donors (Lipinski definition) is 1. The van der Waals surface area contributed by atoms with Gasteiger partial charge in [-0.25, -0.2) is 0 Å². The summed E-state index contributed by atoms with van der Waals surface area (Å²) in [5, 5.41) is 1.27. The molecule has 0 aliphatic carbocycles. The van der Waals surface area contributed by atoms with E-state index in [1.54, 1.807) is 0 Å². The van der Waals surface area contributed by atoms with Crippen molar-refractivity contribution in [3.63, 3.8) is 0 Å². The lowest BCUT2D eigenvalue weighted by Crippen LogP contribution is -2.27. The average molecular weight is 203 g/mol. The molecule has 0 spiro atoms. The first-order valence-corrected chi connectivity index (χ1v) is 6.40. The number of rotatable bonds is 7. The van der Waals surface area contributed by atoms with Crippen LogP contribution in [0.25, 0.3) is 0 Å². The Bertz CT molecular complexity index is 145. The SMILES string of the molecule is CC=C(CCN)[SiH](OCC)OCC. The largest absolute Gasteiger partial charge is 0.394 e. The third kappa shape index (κ3) is 5.20. The van der Waals surface area contributed by atoms with Crippen LogP contribution in [-0.2, 0) is 8.85 Å². The second kappa shape index (κ2) is 8.44. The Hall–Kier alpha value is -0.163. The second-order valence-corrected chi connectivity index (χ2v) is 4.72. The molecule has 4 heteroatoms. The maximum absolute atomic E-state index is 5.58. The van der Waals surface area contributed by atoms with E-state index in [1.807, 2.05) is 20.8 Å². The number of nitrogens with two attached hydrogens (primary N) is 1. The quantitative estimate of drug-likeness (QED) is 0.631. The molecule has 0 fully saturated rings. The molecule has 0 aliphatic heterocycles. The fraction of sp³-hybridized carbons (Fsp3) is 0.778. The molecule has 0 saturated carbocycles. The van der Waals surface area contributed by atoms with Gasteiger partial charge in [0.1, 0.15) is 0 Å². The molecule has 2 N–H and O–H groups in total. The number of hydrogen-bond acceptors (Lipinski definition) is 3. The van der Waals surface area contributed by atoms with Crippen LogP contribution in [0.4, 0.5) is 0 Å². The Morgan fingerprint density at radius 2 is 1.85 bits per heavy atom. The van der Waals surface area contributed by atoms with E-state index in [1.165, 1.54) is 5.20 Å². The van der Waals surface area contributed by atoms with E-state index in [-0.39, 0.29) is 0 Å². The van der Waals surface area contributed by atoms with Gasteiger partial charge in [0.05, 0.1) is 0 Å². The van der Waals surface area contributed by atoms with Crippen molar-refractivity contribution in [3.8, 4) is 0 Å². The van der Waals surface area contributed by atoms with Gasteiger partial charge in [0.2, 0.25) is 0 Å². The summed E-state index contributed by atoms with van der Waals surface area (Å²) < 4.78 is 11.2. The first-order chi connectivity index (χ1) is 6.29. The molecule has 0 saturated heterocycles. The highest BCUT2D eigenvalue weighted by Crippen LogP contribution is 2.08. The average Bonchev–Trinajstić information content (AvgIpc) is 2.14. The predicted molar refractivity (Wildman–Crippen MR) is 57.8 cm³/mol. The van der Waals surface area contributed by atoms with Crippen molar-refractivity contribution >= 4 is 9.28 Å². The van der Waals surface area contributed by atoms with Gasteiger partial charge < -0.3 is 14.6 Å². The van der Waals surface area contributed by atoms with Gasteiger partial charge in [0.25, 0.3) is 0 Å². The fourth-order valence-electron chi connectivity index (χ4n) is 1.13. The molecule has 0 aromatic heterocycles. The fourth-order valence-corrected chi connectivity index (χ4v) is 2.93. The summed E-state index contributed by atoms with van der Waals surface area (Å²) in [7, 11) is -1.59. The van der Waals surface area contributed by atoms with Crippen LogP contribution in [0.2, 0.25) is 0 Å². The van der Waals surface area contributed by atoms with Gasteiger partial charge in [-0.3, -0.25) is 0 Å². The Labute approximate surface area is 82.8 Å². The lowest BCUT2D eigenvalue weighted by molar-refractivity contribution is 0.220. The summed E-state index contributed by atoms with van der Waals surface area (Å²) >= 11 is 0. The summed E-state index contributed by atoms with van der Waals surface area (Å²) in [6, 6.07) is 0. The Kier molecular flexibility index (Phi) is 8.33. The normalized spacial score (nSPS) is 12.5. The van der Waals surface area contributed by atoms with E-state index in [0.29, 0.717) is 6.54 Å². The van der Waals surface area contributed by atoms with Gasteiger partial charge in [-0.15, -0.1) is 0 Å². The molecule has 0 amide bonds. The van der Waals surface area contributed by atoms with Crippen LogP contribution < -0.4 is 5.73 Å². The first-order valence-electron chi connectivity index (χ1n) is 4.88. The van der Waals surface area contributed by atoms with Crippen LogP contribution in [0.5, 0.6) is 0 Å². The molecule has 13 heavy (non-hydrogen) atoms. The molecule has 0 heterocycles. The van der Waals surface area contributed by atoms with Crippen molar-refractivity contribution < 1.29 is 8.85 Å². The van der Waals surface area contributed by atoms with E-state index >= 15 is 0 Å². The van der Waals surface area contributed by atoms with Crippen LogP contribution in [0.1, 0.15) is 27.2 Å². The van der Waals surface area contributed by atoms with Crippen LogP contribution in [0, 0.1) is 0 Å². The maximum Gasteiger partial charge on any atom is 0.351 e. The molecule has 0 radical (unpaired) electrons.